The Labute approximate surface area is 622 Å². The average molecular weight is 1490 g/mol. The second kappa shape index (κ2) is 40.1. The lowest BCUT2D eigenvalue weighted by atomic mass is 9.87. The largest absolute Gasteiger partial charge is 0.453 e. The van der Waals surface area contributed by atoms with Crippen LogP contribution in [0.2, 0.25) is 0 Å². The third-order valence-corrected chi connectivity index (χ3v) is 19.2. The molecule has 5 aliphatic rings. The van der Waals surface area contributed by atoms with E-state index in [0.29, 0.717) is 32.2 Å². The highest BCUT2D eigenvalue weighted by Gasteiger charge is 2.65. The van der Waals surface area contributed by atoms with Gasteiger partial charge in [0.05, 0.1) is 71.1 Å². The van der Waals surface area contributed by atoms with E-state index in [1.165, 1.54) is 6.92 Å². The van der Waals surface area contributed by atoms with Crippen LogP contribution in [0.3, 0.4) is 0 Å². The van der Waals surface area contributed by atoms with Crippen molar-refractivity contribution in [3.05, 3.63) is 215 Å². The minimum Gasteiger partial charge on any atom is -0.453 e. The highest BCUT2D eigenvalue weighted by molar-refractivity contribution is 5.79. The van der Waals surface area contributed by atoms with Crippen molar-refractivity contribution < 1.29 is 116 Å². The number of ether oxygens (including phenoxy) is 15. The van der Waals surface area contributed by atoms with Crippen molar-refractivity contribution in [3.8, 4) is 0 Å². The molecule has 5 heterocycles. The van der Waals surface area contributed by atoms with E-state index in [-0.39, 0.29) is 59.5 Å². The first-order valence-electron chi connectivity index (χ1n) is 36.5. The summed E-state index contributed by atoms with van der Waals surface area (Å²) < 4.78 is 101. The molecular formula is C80H99N3O24. The highest BCUT2D eigenvalue weighted by atomic mass is 16.8. The summed E-state index contributed by atoms with van der Waals surface area (Å²) in [5.41, 5.74) is 4.98. The van der Waals surface area contributed by atoms with E-state index in [1.807, 2.05) is 189 Å². The number of aliphatic hydroxyl groups excluding tert-OH is 5. The molecule has 0 aromatic heterocycles. The van der Waals surface area contributed by atoms with Crippen LogP contribution in [0.25, 0.3) is 0 Å². The van der Waals surface area contributed by atoms with Crippen molar-refractivity contribution in [1.29, 1.82) is 0 Å². The summed E-state index contributed by atoms with van der Waals surface area (Å²) in [7, 11) is 0. The van der Waals surface area contributed by atoms with E-state index in [9.17, 15) is 44.7 Å². The van der Waals surface area contributed by atoms with Gasteiger partial charge in [-0.2, -0.15) is 0 Å². The predicted molar refractivity (Wildman–Crippen MR) is 381 cm³/mol. The fraction of sp³-hybridized carbons (Fsp3) is 0.500. The number of aliphatic hydroxyl groups is 5. The van der Waals surface area contributed by atoms with Crippen molar-refractivity contribution in [2.45, 2.75) is 221 Å². The van der Waals surface area contributed by atoms with Crippen LogP contribution in [-0.4, -0.2) is 211 Å². The highest BCUT2D eigenvalue weighted by Crippen LogP contribution is 2.44. The SMILES string of the molecule is CC(=O)N[C@H]1[C@H](OCCCCCCNC(=O)OCc2ccccc2)O[C@H](COCc2ccccc2)[C@@H](O[C@@H]2O[C@H](COCc3ccccc3)[C@@H]3OC(=O)[C@]4(C[C@H](O)[C@@H](NC(C)=O)[C@H]([C@H](O)[C@H](O)CO)O4)O[C@@H]3[C@H]2O)[C@@H]1O[C@@H]1O[C@@H](C)[C@@H](OCc2ccccc2)[C@@H](OCc2ccccc2)[C@@H]1OCc1ccccc1. The lowest BCUT2D eigenvalue weighted by Crippen LogP contribution is -2.74. The summed E-state index contributed by atoms with van der Waals surface area (Å²) >= 11 is 0. The van der Waals surface area contributed by atoms with Gasteiger partial charge in [0.1, 0.15) is 85.9 Å². The Morgan fingerprint density at radius 1 is 0.514 bits per heavy atom. The molecule has 5 aliphatic heterocycles. The predicted octanol–water partition coefficient (Wildman–Crippen LogP) is 5.89. The van der Waals surface area contributed by atoms with E-state index in [0.717, 1.165) is 40.3 Å². The number of nitrogens with one attached hydrogen (secondary N) is 3. The fourth-order valence-electron chi connectivity index (χ4n) is 13.8. The summed E-state index contributed by atoms with van der Waals surface area (Å²) in [6.07, 6.45) is -25.4. The van der Waals surface area contributed by atoms with Crippen LogP contribution in [0.5, 0.6) is 0 Å². The Kier molecular flexibility index (Phi) is 30.1. The van der Waals surface area contributed by atoms with Crippen molar-refractivity contribution in [1.82, 2.24) is 16.0 Å². The molecule has 0 saturated carbocycles. The second-order valence-corrected chi connectivity index (χ2v) is 27.3. The summed E-state index contributed by atoms with van der Waals surface area (Å²) in [5.74, 6) is -5.11. The number of unbranched alkanes of at least 4 members (excludes halogenated alkanes) is 3. The van der Waals surface area contributed by atoms with Gasteiger partial charge in [-0.15, -0.1) is 0 Å². The number of rotatable bonds is 36. The van der Waals surface area contributed by atoms with Crippen molar-refractivity contribution in [2.24, 2.45) is 0 Å². The summed E-state index contributed by atoms with van der Waals surface area (Å²) in [6.45, 7) is 3.70. The Balaban J connectivity index is 0.957. The number of amides is 3. The number of hydrogen-bond donors (Lipinski definition) is 8. The summed E-state index contributed by atoms with van der Waals surface area (Å²) in [5, 5.41) is 65.7. The van der Waals surface area contributed by atoms with Crippen LogP contribution in [-0.2, 0) is 125 Å². The molecule has 107 heavy (non-hydrogen) atoms. The molecule has 3 amide bonds. The van der Waals surface area contributed by atoms with Crippen molar-refractivity contribution in [2.75, 3.05) is 33.0 Å². The normalized spacial score (nSPS) is 29.7. The molecule has 8 N–H and O–H groups in total. The van der Waals surface area contributed by atoms with Gasteiger partial charge in [-0.25, -0.2) is 9.59 Å². The van der Waals surface area contributed by atoms with Crippen LogP contribution in [0.1, 0.15) is 86.3 Å². The van der Waals surface area contributed by atoms with Gasteiger partial charge in [0, 0.05) is 33.4 Å². The number of fused-ring (bicyclic) bond motifs is 1. The first-order valence-corrected chi connectivity index (χ1v) is 36.5. The third-order valence-electron chi connectivity index (χ3n) is 19.2. The first-order chi connectivity index (χ1) is 52.0. The van der Waals surface area contributed by atoms with Gasteiger partial charge >= 0.3 is 12.1 Å². The zero-order valence-electron chi connectivity index (χ0n) is 60.2. The zero-order valence-corrected chi connectivity index (χ0v) is 60.2. The molecule has 0 radical (unpaired) electrons. The number of esters is 1. The molecule has 0 unspecified atom stereocenters. The molecule has 0 aliphatic carbocycles. The molecular weight excluding hydrogens is 1390 g/mol. The van der Waals surface area contributed by atoms with Crippen molar-refractivity contribution in [3.63, 3.8) is 0 Å². The van der Waals surface area contributed by atoms with Crippen molar-refractivity contribution >= 4 is 23.9 Å². The van der Waals surface area contributed by atoms with Crippen LogP contribution in [0, 0.1) is 0 Å². The maximum absolute atomic E-state index is 14.7. The van der Waals surface area contributed by atoms with E-state index in [4.69, 9.17) is 71.1 Å². The molecule has 6 aromatic carbocycles. The number of benzene rings is 6. The minimum atomic E-state index is -2.66. The molecule has 5 fully saturated rings. The van der Waals surface area contributed by atoms with E-state index < -0.39 is 165 Å². The number of carbonyl (C=O) groups excluding carboxylic acids is 4. The van der Waals surface area contributed by atoms with Crippen LogP contribution in [0.15, 0.2) is 182 Å². The molecule has 27 nitrogen and oxygen atoms in total. The quantitative estimate of drug-likeness (QED) is 0.0168. The number of hydrogen-bond acceptors (Lipinski definition) is 24. The maximum atomic E-state index is 14.7. The minimum absolute atomic E-state index is 0.0272. The Bertz CT molecular complexity index is 3640. The molecule has 1 spiro atoms. The topological polar surface area (TPSA) is 344 Å². The fourth-order valence-corrected chi connectivity index (χ4v) is 13.8. The molecule has 0 bridgehead atoms. The Morgan fingerprint density at radius 2 is 0.991 bits per heavy atom. The lowest BCUT2D eigenvalue weighted by Gasteiger charge is -2.55. The summed E-state index contributed by atoms with van der Waals surface area (Å²) in [4.78, 5) is 54.0. The van der Waals surface area contributed by atoms with E-state index in [2.05, 4.69) is 16.0 Å². The third kappa shape index (κ3) is 22.3. The van der Waals surface area contributed by atoms with Gasteiger partial charge in [0.25, 0.3) is 5.79 Å². The Morgan fingerprint density at radius 3 is 1.53 bits per heavy atom. The van der Waals surface area contributed by atoms with Crippen LogP contribution >= 0.6 is 0 Å². The van der Waals surface area contributed by atoms with Gasteiger partial charge in [-0.05, 0) is 53.1 Å². The molecule has 11 rings (SSSR count). The average Bonchev–Trinajstić information content (AvgIpc) is 0.734. The Hall–Kier alpha value is -7.72. The second-order valence-electron chi connectivity index (χ2n) is 27.3. The molecule has 578 valence electrons. The lowest BCUT2D eigenvalue weighted by molar-refractivity contribution is -0.409. The van der Waals surface area contributed by atoms with Gasteiger partial charge in [-0.3, -0.25) is 9.59 Å². The zero-order chi connectivity index (χ0) is 75.1. The molecule has 5 saturated heterocycles. The van der Waals surface area contributed by atoms with Crippen LogP contribution < -0.4 is 16.0 Å². The van der Waals surface area contributed by atoms with Gasteiger partial charge in [0.2, 0.25) is 11.8 Å². The monoisotopic (exact) mass is 1490 g/mol. The number of alkyl carbamates (subject to hydrolysis) is 1. The van der Waals surface area contributed by atoms with Gasteiger partial charge in [-0.1, -0.05) is 195 Å². The standard InChI is InChI=1S/C80H99N3O24/c1-50-67(96-44-55-30-16-8-17-31-55)73(97-45-56-32-18-9-19-33-56)74(98-46-57-34-20-10-21-35-57)77(100-50)104-71-64(83-52(3)86)75(95-39-25-5-4-24-38-81-79(92)99-47-58-36-22-11-23-37-58)101-61(48-93-42-53-26-12-6-13-27-53)68(71)103-76-66(90)72-69(62(102-76)49-94-43-54-28-14-7-15-29-54)105-78(91)80(107-72)40-59(87)63(82-51(2)85)70(106-80)65(89)60(88)41-84/h6-23,26-37,50,59-77,84,87-90H,4-5,24-25,38-49H2,1-3H3,(H,81,92)(H,82,85)(H,83,86)/t50-,59-,60+,61+,62+,63+,64+,65+,66+,67+,68+,69-,70+,71+,72+,73+,74-,75+,76-,77-,80-/m0/s1. The summed E-state index contributed by atoms with van der Waals surface area (Å²) in [6, 6.07) is 53.9. The number of carbonyl (C=O) groups is 4. The first kappa shape index (κ1) is 80.3. The van der Waals surface area contributed by atoms with Gasteiger partial charge in [0.15, 0.2) is 25.0 Å². The smallest absolute Gasteiger partial charge is 0.407 e. The van der Waals surface area contributed by atoms with Crippen LogP contribution in [0.4, 0.5) is 4.79 Å². The van der Waals surface area contributed by atoms with Gasteiger partial charge < -0.3 is 113 Å². The molecule has 27 heteroatoms. The maximum Gasteiger partial charge on any atom is 0.407 e. The molecule has 21 atom stereocenters. The van der Waals surface area contributed by atoms with E-state index >= 15 is 0 Å². The molecule has 6 aromatic rings. The van der Waals surface area contributed by atoms with E-state index in [1.54, 1.807) is 0 Å².